The number of aliphatic hydroxyl groups excluding tert-OH is 1. The molecule has 0 saturated heterocycles. The molecule has 0 aromatic heterocycles. The van der Waals surface area contributed by atoms with Crippen LogP contribution in [0.5, 0.6) is 0 Å². The number of ether oxygens (including phenoxy) is 4. The number of hydrogen-bond donors (Lipinski definition) is 1. The molecule has 0 aromatic carbocycles. The summed E-state index contributed by atoms with van der Waals surface area (Å²) in [5.74, 6) is 1.28. The largest absolute Gasteiger partial charge is 0.463 e. The molecule has 0 amide bonds. The molecule has 7 nitrogen and oxygen atoms in total. The molecule has 4 atom stereocenters. The van der Waals surface area contributed by atoms with E-state index in [4.69, 9.17) is 30.5 Å². The third-order valence-corrected chi connectivity index (χ3v) is 2.54. The third kappa shape index (κ3) is 5.95. The SMILES string of the molecule is C#CC(CO)O[C@@H]1C=C[C@H](OC(C)=O)C(COC(C)=O)O1. The van der Waals surface area contributed by atoms with Gasteiger partial charge in [-0.05, 0) is 12.2 Å². The summed E-state index contributed by atoms with van der Waals surface area (Å²) in [6.45, 7) is 2.07. The first-order valence-corrected chi connectivity index (χ1v) is 6.33. The summed E-state index contributed by atoms with van der Waals surface area (Å²) in [6.07, 6.45) is 5.19. The Morgan fingerprint density at radius 1 is 1.38 bits per heavy atom. The monoisotopic (exact) mass is 298 g/mol. The molecule has 0 fully saturated rings. The van der Waals surface area contributed by atoms with Crippen molar-refractivity contribution in [1.82, 2.24) is 0 Å². The Balaban J connectivity index is 2.70. The second-order valence-corrected chi connectivity index (χ2v) is 4.28. The first kappa shape index (κ1) is 17.2. The van der Waals surface area contributed by atoms with Gasteiger partial charge in [0.1, 0.15) is 24.9 Å². The smallest absolute Gasteiger partial charge is 0.303 e. The normalized spacial score (nSPS) is 25.7. The van der Waals surface area contributed by atoms with Gasteiger partial charge in [-0.2, -0.15) is 0 Å². The van der Waals surface area contributed by atoms with Crippen molar-refractivity contribution in [2.24, 2.45) is 0 Å². The molecule has 0 spiro atoms. The number of esters is 2. The molecule has 1 aliphatic rings. The fourth-order valence-corrected chi connectivity index (χ4v) is 1.63. The summed E-state index contributed by atoms with van der Waals surface area (Å²) < 4.78 is 20.7. The van der Waals surface area contributed by atoms with E-state index in [0.717, 1.165) is 0 Å². The van der Waals surface area contributed by atoms with Crippen LogP contribution in [-0.4, -0.2) is 54.9 Å². The lowest BCUT2D eigenvalue weighted by molar-refractivity contribution is -0.206. The highest BCUT2D eigenvalue weighted by atomic mass is 16.7. The second kappa shape index (κ2) is 8.42. The van der Waals surface area contributed by atoms with Crippen molar-refractivity contribution in [1.29, 1.82) is 0 Å². The van der Waals surface area contributed by atoms with Gasteiger partial charge in [0.2, 0.25) is 0 Å². The van der Waals surface area contributed by atoms with Gasteiger partial charge >= 0.3 is 11.9 Å². The van der Waals surface area contributed by atoms with Gasteiger partial charge in [0.05, 0.1) is 6.61 Å². The quantitative estimate of drug-likeness (QED) is 0.411. The maximum Gasteiger partial charge on any atom is 0.303 e. The maximum absolute atomic E-state index is 11.0. The first-order valence-electron chi connectivity index (χ1n) is 6.33. The summed E-state index contributed by atoms with van der Waals surface area (Å²) in [7, 11) is 0. The molecule has 0 radical (unpaired) electrons. The molecule has 1 rings (SSSR count). The molecule has 2 unspecified atom stereocenters. The molecule has 7 heteroatoms. The van der Waals surface area contributed by atoms with Crippen molar-refractivity contribution in [2.75, 3.05) is 13.2 Å². The first-order chi connectivity index (χ1) is 9.96. The Morgan fingerprint density at radius 2 is 2.10 bits per heavy atom. The van der Waals surface area contributed by atoms with E-state index >= 15 is 0 Å². The minimum Gasteiger partial charge on any atom is -0.463 e. The van der Waals surface area contributed by atoms with Crippen molar-refractivity contribution in [3.8, 4) is 12.3 Å². The average Bonchev–Trinajstić information content (AvgIpc) is 2.43. The van der Waals surface area contributed by atoms with Gasteiger partial charge in [0.25, 0.3) is 0 Å². The number of aliphatic hydroxyl groups is 1. The van der Waals surface area contributed by atoms with Gasteiger partial charge in [-0.25, -0.2) is 0 Å². The van der Waals surface area contributed by atoms with Crippen LogP contribution in [0.2, 0.25) is 0 Å². The van der Waals surface area contributed by atoms with Crippen molar-refractivity contribution in [3.63, 3.8) is 0 Å². The Bertz CT molecular complexity index is 437. The van der Waals surface area contributed by atoms with Gasteiger partial charge in [0.15, 0.2) is 6.29 Å². The minimum absolute atomic E-state index is 0.0999. The predicted molar refractivity (Wildman–Crippen MR) is 70.8 cm³/mol. The molecule has 1 aliphatic heterocycles. The van der Waals surface area contributed by atoms with Crippen LogP contribution in [0.15, 0.2) is 12.2 Å². The fourth-order valence-electron chi connectivity index (χ4n) is 1.63. The number of hydrogen-bond acceptors (Lipinski definition) is 7. The zero-order valence-electron chi connectivity index (χ0n) is 11.9. The standard InChI is InChI=1S/C14H18O7/c1-4-11(7-15)20-14-6-5-12(19-10(3)17)13(21-14)8-18-9(2)16/h1,5-6,11-15H,7-8H2,2-3H3/t11?,12-,13?,14-/m0/s1. The Labute approximate surface area is 122 Å². The Kier molecular flexibility index (Phi) is 6.88. The van der Waals surface area contributed by atoms with Crippen LogP contribution in [0.3, 0.4) is 0 Å². The van der Waals surface area contributed by atoms with E-state index in [1.807, 2.05) is 0 Å². The van der Waals surface area contributed by atoms with Crippen molar-refractivity contribution < 1.29 is 33.6 Å². The third-order valence-electron chi connectivity index (χ3n) is 2.54. The van der Waals surface area contributed by atoms with E-state index in [0.29, 0.717) is 0 Å². The molecule has 1 N–H and O–H groups in total. The Morgan fingerprint density at radius 3 is 2.62 bits per heavy atom. The van der Waals surface area contributed by atoms with Crippen LogP contribution in [0.4, 0.5) is 0 Å². The summed E-state index contributed by atoms with van der Waals surface area (Å²) in [5.41, 5.74) is 0. The van der Waals surface area contributed by atoms with E-state index in [1.165, 1.54) is 19.9 Å². The number of terminal acetylenes is 1. The minimum atomic E-state index is -0.828. The Hall–Kier alpha value is -1.88. The van der Waals surface area contributed by atoms with Crippen LogP contribution in [0.25, 0.3) is 0 Å². The molecular formula is C14H18O7. The van der Waals surface area contributed by atoms with Crippen LogP contribution in [-0.2, 0) is 28.5 Å². The lowest BCUT2D eigenvalue weighted by Crippen LogP contribution is -2.43. The maximum atomic E-state index is 11.0. The number of rotatable bonds is 6. The average molecular weight is 298 g/mol. The van der Waals surface area contributed by atoms with Crippen molar-refractivity contribution in [2.45, 2.75) is 38.4 Å². The molecule has 21 heavy (non-hydrogen) atoms. The molecule has 0 saturated carbocycles. The predicted octanol–water partition coefficient (Wildman–Crippen LogP) is -0.227. The van der Waals surface area contributed by atoms with Crippen LogP contribution in [0.1, 0.15) is 13.8 Å². The summed E-state index contributed by atoms with van der Waals surface area (Å²) in [5, 5.41) is 8.98. The topological polar surface area (TPSA) is 91.3 Å². The molecular weight excluding hydrogens is 280 g/mol. The van der Waals surface area contributed by atoms with Crippen LogP contribution < -0.4 is 0 Å². The fraction of sp³-hybridized carbons (Fsp3) is 0.571. The second-order valence-electron chi connectivity index (χ2n) is 4.28. The highest BCUT2D eigenvalue weighted by Gasteiger charge is 2.31. The molecule has 1 heterocycles. The zero-order chi connectivity index (χ0) is 15.8. The summed E-state index contributed by atoms with van der Waals surface area (Å²) >= 11 is 0. The van der Waals surface area contributed by atoms with Gasteiger partial charge in [-0.15, -0.1) is 6.42 Å². The van der Waals surface area contributed by atoms with E-state index < -0.39 is 36.5 Å². The summed E-state index contributed by atoms with van der Waals surface area (Å²) in [6, 6.07) is 0. The molecule has 0 bridgehead atoms. The lowest BCUT2D eigenvalue weighted by atomic mass is 10.1. The van der Waals surface area contributed by atoms with Crippen molar-refractivity contribution in [3.05, 3.63) is 12.2 Å². The number of carbonyl (C=O) groups excluding carboxylic acids is 2. The highest BCUT2D eigenvalue weighted by molar-refractivity contribution is 5.66. The van der Waals surface area contributed by atoms with E-state index in [2.05, 4.69) is 5.92 Å². The zero-order valence-corrected chi connectivity index (χ0v) is 11.9. The van der Waals surface area contributed by atoms with E-state index in [-0.39, 0.29) is 13.2 Å². The highest BCUT2D eigenvalue weighted by Crippen LogP contribution is 2.18. The van der Waals surface area contributed by atoms with Gasteiger partial charge in [-0.1, -0.05) is 5.92 Å². The van der Waals surface area contributed by atoms with Crippen LogP contribution in [0, 0.1) is 12.3 Å². The molecule has 0 aromatic rings. The van der Waals surface area contributed by atoms with E-state index in [1.54, 1.807) is 6.08 Å². The molecule has 116 valence electrons. The van der Waals surface area contributed by atoms with Crippen LogP contribution >= 0.6 is 0 Å². The van der Waals surface area contributed by atoms with Gasteiger partial charge < -0.3 is 24.1 Å². The lowest BCUT2D eigenvalue weighted by Gasteiger charge is -2.32. The van der Waals surface area contributed by atoms with Gasteiger partial charge in [-0.3, -0.25) is 9.59 Å². The molecule has 0 aliphatic carbocycles. The van der Waals surface area contributed by atoms with E-state index in [9.17, 15) is 9.59 Å². The van der Waals surface area contributed by atoms with Crippen molar-refractivity contribution >= 4 is 11.9 Å². The summed E-state index contributed by atoms with van der Waals surface area (Å²) in [4.78, 5) is 21.9. The van der Waals surface area contributed by atoms with Gasteiger partial charge in [0, 0.05) is 13.8 Å². The number of carbonyl (C=O) groups is 2.